The van der Waals surface area contributed by atoms with Crippen LogP contribution in [0.3, 0.4) is 0 Å². The van der Waals surface area contributed by atoms with Crippen molar-refractivity contribution in [2.45, 2.75) is 19.6 Å². The first-order valence-electron chi connectivity index (χ1n) is 6.85. The molecule has 0 bridgehead atoms. The van der Waals surface area contributed by atoms with Gasteiger partial charge in [0.25, 0.3) is 0 Å². The number of nitrogens with two attached hydrogens (primary N) is 1. The molecule has 2 aromatic carbocycles. The molecule has 0 saturated carbocycles. The lowest BCUT2D eigenvalue weighted by atomic mass is 10.1. The first-order valence-corrected chi connectivity index (χ1v) is 6.85. The highest BCUT2D eigenvalue weighted by molar-refractivity contribution is 5.43. The molecule has 2 aromatic rings. The molecule has 0 amide bonds. The number of methoxy groups -OCH3 is 2. The Balaban J connectivity index is 2.19. The van der Waals surface area contributed by atoms with Gasteiger partial charge in [0.15, 0.2) is 11.5 Å². The monoisotopic (exact) mass is 287 g/mol. The quantitative estimate of drug-likeness (QED) is 0.885. The van der Waals surface area contributed by atoms with E-state index >= 15 is 0 Å². The number of rotatable bonds is 6. The molecule has 0 aliphatic rings. The van der Waals surface area contributed by atoms with Gasteiger partial charge in [-0.05, 0) is 42.3 Å². The van der Waals surface area contributed by atoms with E-state index in [0.717, 1.165) is 16.9 Å². The lowest BCUT2D eigenvalue weighted by Crippen LogP contribution is -2.05. The molecule has 2 rings (SSSR count). The summed E-state index contributed by atoms with van der Waals surface area (Å²) in [6.45, 7) is 2.47. The summed E-state index contributed by atoms with van der Waals surface area (Å²) in [5, 5.41) is 0. The topological polar surface area (TPSA) is 53.7 Å². The van der Waals surface area contributed by atoms with Crippen molar-refractivity contribution >= 4 is 0 Å². The van der Waals surface area contributed by atoms with E-state index in [1.807, 2.05) is 49.4 Å². The van der Waals surface area contributed by atoms with Crippen LogP contribution in [0.1, 0.15) is 24.2 Å². The number of ether oxygens (including phenoxy) is 3. The summed E-state index contributed by atoms with van der Waals surface area (Å²) in [5.41, 5.74) is 7.75. The molecule has 2 N–H and O–H groups in total. The predicted molar refractivity (Wildman–Crippen MR) is 82.9 cm³/mol. The fourth-order valence-corrected chi connectivity index (χ4v) is 2.07. The summed E-state index contributed by atoms with van der Waals surface area (Å²) < 4.78 is 16.5. The highest BCUT2D eigenvalue weighted by atomic mass is 16.5. The molecule has 0 heterocycles. The summed E-state index contributed by atoms with van der Waals surface area (Å²) in [4.78, 5) is 0. The molecule has 1 atom stereocenters. The van der Waals surface area contributed by atoms with E-state index in [-0.39, 0.29) is 6.10 Å². The van der Waals surface area contributed by atoms with Crippen molar-refractivity contribution < 1.29 is 14.2 Å². The summed E-state index contributed by atoms with van der Waals surface area (Å²) in [6, 6.07) is 13.5. The van der Waals surface area contributed by atoms with Crippen LogP contribution in [-0.2, 0) is 6.54 Å². The highest BCUT2D eigenvalue weighted by Crippen LogP contribution is 2.32. The average Bonchev–Trinajstić information content (AvgIpc) is 2.54. The number of benzene rings is 2. The van der Waals surface area contributed by atoms with Gasteiger partial charge in [0, 0.05) is 6.54 Å². The fraction of sp³-hybridized carbons (Fsp3) is 0.294. The number of hydrogen-bond acceptors (Lipinski definition) is 4. The molecule has 0 aliphatic heterocycles. The minimum atomic E-state index is -0.0992. The second kappa shape index (κ2) is 6.99. The lowest BCUT2D eigenvalue weighted by molar-refractivity contribution is 0.215. The van der Waals surface area contributed by atoms with Gasteiger partial charge in [0.2, 0.25) is 0 Å². The molecule has 4 nitrogen and oxygen atoms in total. The van der Waals surface area contributed by atoms with Crippen molar-refractivity contribution in [3.63, 3.8) is 0 Å². The van der Waals surface area contributed by atoms with Gasteiger partial charge in [0.05, 0.1) is 14.2 Å². The minimum absolute atomic E-state index is 0.0992. The average molecular weight is 287 g/mol. The Labute approximate surface area is 125 Å². The van der Waals surface area contributed by atoms with Crippen LogP contribution in [0.2, 0.25) is 0 Å². The van der Waals surface area contributed by atoms with E-state index in [1.54, 1.807) is 14.2 Å². The molecule has 4 heteroatoms. The van der Waals surface area contributed by atoms with E-state index < -0.39 is 0 Å². The Kier molecular flexibility index (Phi) is 5.06. The third-order valence-electron chi connectivity index (χ3n) is 3.35. The molecular weight excluding hydrogens is 266 g/mol. The lowest BCUT2D eigenvalue weighted by Gasteiger charge is -2.18. The summed E-state index contributed by atoms with van der Waals surface area (Å²) >= 11 is 0. The summed E-state index contributed by atoms with van der Waals surface area (Å²) in [6.07, 6.45) is -0.0992. The van der Waals surface area contributed by atoms with Crippen LogP contribution in [0.4, 0.5) is 0 Å². The Bertz CT molecular complexity index is 581. The van der Waals surface area contributed by atoms with Gasteiger partial charge in [-0.1, -0.05) is 18.2 Å². The molecule has 1 unspecified atom stereocenters. The van der Waals surface area contributed by atoms with E-state index in [2.05, 4.69) is 0 Å². The predicted octanol–water partition coefficient (Wildman–Crippen LogP) is 3.30. The van der Waals surface area contributed by atoms with Crippen molar-refractivity contribution in [1.82, 2.24) is 0 Å². The van der Waals surface area contributed by atoms with Crippen molar-refractivity contribution in [3.05, 3.63) is 53.6 Å². The first-order chi connectivity index (χ1) is 10.2. The zero-order valence-electron chi connectivity index (χ0n) is 12.6. The van der Waals surface area contributed by atoms with Gasteiger partial charge >= 0.3 is 0 Å². The van der Waals surface area contributed by atoms with Gasteiger partial charge in [-0.15, -0.1) is 0 Å². The van der Waals surface area contributed by atoms with Gasteiger partial charge in [-0.2, -0.15) is 0 Å². The molecule has 0 aliphatic carbocycles. The maximum atomic E-state index is 6.02. The minimum Gasteiger partial charge on any atom is -0.497 e. The normalized spacial score (nSPS) is 11.8. The second-order valence-corrected chi connectivity index (χ2v) is 4.72. The third kappa shape index (κ3) is 3.67. The van der Waals surface area contributed by atoms with Gasteiger partial charge in [-0.3, -0.25) is 0 Å². The second-order valence-electron chi connectivity index (χ2n) is 4.72. The van der Waals surface area contributed by atoms with E-state index in [1.165, 1.54) is 0 Å². The van der Waals surface area contributed by atoms with E-state index in [4.69, 9.17) is 19.9 Å². The Morgan fingerprint density at radius 2 is 1.67 bits per heavy atom. The first kappa shape index (κ1) is 15.2. The van der Waals surface area contributed by atoms with Gasteiger partial charge < -0.3 is 19.9 Å². The zero-order valence-corrected chi connectivity index (χ0v) is 12.6. The molecule has 112 valence electrons. The van der Waals surface area contributed by atoms with Crippen LogP contribution in [0.25, 0.3) is 0 Å². The molecule has 0 spiro atoms. The van der Waals surface area contributed by atoms with Crippen molar-refractivity contribution in [2.24, 2.45) is 5.73 Å². The molecule has 0 radical (unpaired) electrons. The molecular formula is C17H21NO3. The van der Waals surface area contributed by atoms with E-state index in [9.17, 15) is 0 Å². The maximum absolute atomic E-state index is 6.02. The molecule has 0 aromatic heterocycles. The Hall–Kier alpha value is -2.20. The standard InChI is InChI=1S/C17H21NO3/c1-12(14-5-7-15(19-2)8-6-14)21-17-10-13(11-18)4-9-16(17)20-3/h4-10,12H,11,18H2,1-3H3. The van der Waals surface area contributed by atoms with Crippen LogP contribution in [0.15, 0.2) is 42.5 Å². The largest absolute Gasteiger partial charge is 0.497 e. The van der Waals surface area contributed by atoms with Gasteiger partial charge in [-0.25, -0.2) is 0 Å². The fourth-order valence-electron chi connectivity index (χ4n) is 2.07. The Morgan fingerprint density at radius 1 is 0.952 bits per heavy atom. The molecule has 0 fully saturated rings. The maximum Gasteiger partial charge on any atom is 0.162 e. The van der Waals surface area contributed by atoms with Crippen molar-refractivity contribution in [3.8, 4) is 17.2 Å². The van der Waals surface area contributed by atoms with Crippen molar-refractivity contribution in [1.29, 1.82) is 0 Å². The van der Waals surface area contributed by atoms with Crippen LogP contribution >= 0.6 is 0 Å². The summed E-state index contributed by atoms with van der Waals surface area (Å²) in [5.74, 6) is 2.23. The third-order valence-corrected chi connectivity index (χ3v) is 3.35. The van der Waals surface area contributed by atoms with Crippen LogP contribution in [-0.4, -0.2) is 14.2 Å². The van der Waals surface area contributed by atoms with Crippen molar-refractivity contribution in [2.75, 3.05) is 14.2 Å². The van der Waals surface area contributed by atoms with Crippen LogP contribution < -0.4 is 19.9 Å². The molecule has 21 heavy (non-hydrogen) atoms. The van der Waals surface area contributed by atoms with Gasteiger partial charge in [0.1, 0.15) is 11.9 Å². The van der Waals surface area contributed by atoms with Crippen LogP contribution in [0.5, 0.6) is 17.2 Å². The zero-order chi connectivity index (χ0) is 15.2. The highest BCUT2D eigenvalue weighted by Gasteiger charge is 2.12. The SMILES string of the molecule is COc1ccc(C(C)Oc2cc(CN)ccc2OC)cc1. The van der Waals surface area contributed by atoms with E-state index in [0.29, 0.717) is 18.0 Å². The Morgan fingerprint density at radius 3 is 2.24 bits per heavy atom. The van der Waals surface area contributed by atoms with Crippen LogP contribution in [0, 0.1) is 0 Å². The smallest absolute Gasteiger partial charge is 0.162 e. The summed E-state index contributed by atoms with van der Waals surface area (Å²) in [7, 11) is 3.28. The molecule has 0 saturated heterocycles. The number of hydrogen-bond donors (Lipinski definition) is 1.